The zero-order valence-electron chi connectivity index (χ0n) is 14.8. The molecule has 0 spiro atoms. The second kappa shape index (κ2) is 8.47. The Morgan fingerprint density at radius 3 is 2.77 bits per heavy atom. The highest BCUT2D eigenvalue weighted by Crippen LogP contribution is 2.30. The molecule has 0 fully saturated rings. The molecule has 1 unspecified atom stereocenters. The van der Waals surface area contributed by atoms with Crippen LogP contribution in [0.3, 0.4) is 0 Å². The number of ether oxygens (including phenoxy) is 2. The van der Waals surface area contributed by atoms with E-state index in [0.717, 1.165) is 29.5 Å². The molecular formula is C20H22N2O4. The summed E-state index contributed by atoms with van der Waals surface area (Å²) in [5.74, 6) is -0.586. The molecule has 0 bridgehead atoms. The first-order chi connectivity index (χ1) is 12.7. The maximum Gasteiger partial charge on any atom is 0.327 e. The van der Waals surface area contributed by atoms with E-state index < -0.39 is 0 Å². The first kappa shape index (κ1) is 17.9. The highest BCUT2D eigenvalue weighted by atomic mass is 16.5. The minimum atomic E-state index is -0.335. The molecule has 1 aliphatic rings. The molecule has 0 aliphatic heterocycles. The van der Waals surface area contributed by atoms with Gasteiger partial charge in [0.05, 0.1) is 19.2 Å². The minimum absolute atomic E-state index is 0.0955. The molecule has 1 aromatic carbocycles. The number of allylic oxidation sites excluding steroid dienone is 2. The third-order valence-electron chi connectivity index (χ3n) is 4.49. The topological polar surface area (TPSA) is 70.4 Å². The van der Waals surface area contributed by atoms with Gasteiger partial charge in [0.2, 0.25) is 0 Å². The SMILES string of the molecule is COC(=O)Cn1cc(C2=CCC(C(=O)OCc3ccccc3)CC2)cn1. The largest absolute Gasteiger partial charge is 0.468 e. The van der Waals surface area contributed by atoms with Crippen molar-refractivity contribution >= 4 is 17.5 Å². The lowest BCUT2D eigenvalue weighted by Crippen LogP contribution is -2.19. The first-order valence-electron chi connectivity index (χ1n) is 8.65. The van der Waals surface area contributed by atoms with Crippen LogP contribution in [0.5, 0.6) is 0 Å². The van der Waals surface area contributed by atoms with Gasteiger partial charge in [-0.25, -0.2) is 0 Å². The molecule has 2 aromatic rings. The number of rotatable bonds is 6. The van der Waals surface area contributed by atoms with Crippen molar-refractivity contribution in [1.29, 1.82) is 0 Å². The molecule has 0 N–H and O–H groups in total. The summed E-state index contributed by atoms with van der Waals surface area (Å²) in [4.78, 5) is 23.6. The molecular weight excluding hydrogens is 332 g/mol. The number of nitrogens with zero attached hydrogens (tertiary/aromatic N) is 2. The summed E-state index contributed by atoms with van der Waals surface area (Å²) >= 11 is 0. The average Bonchev–Trinajstić information content (AvgIpc) is 3.15. The van der Waals surface area contributed by atoms with Crippen LogP contribution in [0, 0.1) is 5.92 Å². The zero-order chi connectivity index (χ0) is 18.4. The van der Waals surface area contributed by atoms with E-state index in [9.17, 15) is 9.59 Å². The fourth-order valence-electron chi connectivity index (χ4n) is 2.97. The first-order valence-corrected chi connectivity index (χ1v) is 8.65. The van der Waals surface area contributed by atoms with E-state index in [1.54, 1.807) is 10.9 Å². The number of hydrogen-bond donors (Lipinski definition) is 0. The highest BCUT2D eigenvalue weighted by molar-refractivity contribution is 5.75. The van der Waals surface area contributed by atoms with Crippen molar-refractivity contribution < 1.29 is 19.1 Å². The second-order valence-corrected chi connectivity index (χ2v) is 6.30. The Labute approximate surface area is 152 Å². The van der Waals surface area contributed by atoms with E-state index in [0.29, 0.717) is 13.0 Å². The lowest BCUT2D eigenvalue weighted by atomic mass is 9.87. The molecule has 3 rings (SSSR count). The molecule has 6 nitrogen and oxygen atoms in total. The lowest BCUT2D eigenvalue weighted by Gasteiger charge is -2.20. The molecule has 0 saturated heterocycles. The molecule has 0 amide bonds. The molecule has 1 heterocycles. The molecule has 1 aliphatic carbocycles. The molecule has 0 radical (unpaired) electrons. The normalized spacial score (nSPS) is 16.7. The van der Waals surface area contributed by atoms with Crippen LogP contribution < -0.4 is 0 Å². The molecule has 0 saturated carbocycles. The van der Waals surface area contributed by atoms with Gasteiger partial charge in [0, 0.05) is 11.8 Å². The van der Waals surface area contributed by atoms with Gasteiger partial charge in [0.1, 0.15) is 13.2 Å². The van der Waals surface area contributed by atoms with Gasteiger partial charge >= 0.3 is 11.9 Å². The van der Waals surface area contributed by atoms with Crippen molar-refractivity contribution in [3.8, 4) is 0 Å². The summed E-state index contributed by atoms with van der Waals surface area (Å²) in [7, 11) is 1.35. The van der Waals surface area contributed by atoms with Gasteiger partial charge in [-0.3, -0.25) is 14.3 Å². The van der Waals surface area contributed by atoms with Crippen LogP contribution in [-0.2, 0) is 32.2 Å². The van der Waals surface area contributed by atoms with Crippen LogP contribution in [0.1, 0.15) is 30.4 Å². The molecule has 26 heavy (non-hydrogen) atoms. The standard InChI is InChI=1S/C20H22N2O4/c1-25-19(23)13-22-12-18(11-21-22)16-7-9-17(10-8-16)20(24)26-14-15-5-3-2-4-6-15/h2-7,11-12,17H,8-10,13-14H2,1H3. The van der Waals surface area contributed by atoms with Gasteiger partial charge in [-0.15, -0.1) is 0 Å². The molecule has 136 valence electrons. The van der Waals surface area contributed by atoms with Crippen molar-refractivity contribution in [2.75, 3.05) is 7.11 Å². The number of carbonyl (C=O) groups is 2. The van der Waals surface area contributed by atoms with Gasteiger partial charge in [0.15, 0.2) is 0 Å². The number of esters is 2. The van der Waals surface area contributed by atoms with Gasteiger partial charge in [-0.2, -0.15) is 5.10 Å². The van der Waals surface area contributed by atoms with Gasteiger partial charge < -0.3 is 9.47 Å². The Balaban J connectivity index is 1.53. The summed E-state index contributed by atoms with van der Waals surface area (Å²) in [6.45, 7) is 0.408. The van der Waals surface area contributed by atoms with Crippen molar-refractivity contribution in [1.82, 2.24) is 9.78 Å². The molecule has 1 atom stereocenters. The van der Waals surface area contributed by atoms with Crippen LogP contribution in [0.2, 0.25) is 0 Å². The van der Waals surface area contributed by atoms with Crippen LogP contribution in [0.4, 0.5) is 0 Å². The number of carbonyl (C=O) groups excluding carboxylic acids is 2. The summed E-state index contributed by atoms with van der Waals surface area (Å²) in [5, 5.41) is 4.18. The minimum Gasteiger partial charge on any atom is -0.468 e. The number of methoxy groups -OCH3 is 1. The zero-order valence-corrected chi connectivity index (χ0v) is 14.8. The number of hydrogen-bond acceptors (Lipinski definition) is 5. The van der Waals surface area contributed by atoms with E-state index >= 15 is 0 Å². The van der Waals surface area contributed by atoms with Gasteiger partial charge in [0.25, 0.3) is 0 Å². The Morgan fingerprint density at radius 1 is 1.27 bits per heavy atom. The van der Waals surface area contributed by atoms with Gasteiger partial charge in [-0.1, -0.05) is 36.4 Å². The average molecular weight is 354 g/mol. The van der Waals surface area contributed by atoms with Crippen LogP contribution in [-0.4, -0.2) is 28.8 Å². The Morgan fingerprint density at radius 2 is 2.08 bits per heavy atom. The van der Waals surface area contributed by atoms with E-state index in [4.69, 9.17) is 4.74 Å². The van der Waals surface area contributed by atoms with Crippen LogP contribution in [0.15, 0.2) is 48.8 Å². The Kier molecular flexibility index (Phi) is 5.84. The summed E-state index contributed by atoms with van der Waals surface area (Å²) in [6, 6.07) is 9.68. The maximum absolute atomic E-state index is 12.3. The Bertz CT molecular complexity index is 795. The van der Waals surface area contributed by atoms with Crippen molar-refractivity contribution in [2.45, 2.75) is 32.4 Å². The third-order valence-corrected chi connectivity index (χ3v) is 4.49. The predicted octanol–water partition coefficient (Wildman–Crippen LogP) is 2.98. The fourth-order valence-corrected chi connectivity index (χ4v) is 2.97. The summed E-state index contributed by atoms with van der Waals surface area (Å²) in [5.41, 5.74) is 3.11. The van der Waals surface area contributed by atoms with Crippen molar-refractivity contribution in [3.63, 3.8) is 0 Å². The summed E-state index contributed by atoms with van der Waals surface area (Å²) in [6.07, 6.45) is 7.83. The van der Waals surface area contributed by atoms with Gasteiger partial charge in [-0.05, 0) is 30.4 Å². The van der Waals surface area contributed by atoms with Crippen molar-refractivity contribution in [3.05, 3.63) is 59.9 Å². The maximum atomic E-state index is 12.3. The Hall–Kier alpha value is -2.89. The highest BCUT2D eigenvalue weighted by Gasteiger charge is 2.24. The second-order valence-electron chi connectivity index (χ2n) is 6.30. The fraction of sp³-hybridized carbons (Fsp3) is 0.350. The smallest absolute Gasteiger partial charge is 0.327 e. The van der Waals surface area contributed by atoms with E-state index in [2.05, 4.69) is 15.9 Å². The third kappa shape index (κ3) is 4.59. The quantitative estimate of drug-likeness (QED) is 0.746. The number of benzene rings is 1. The van der Waals surface area contributed by atoms with Crippen LogP contribution >= 0.6 is 0 Å². The van der Waals surface area contributed by atoms with Crippen molar-refractivity contribution in [2.24, 2.45) is 5.92 Å². The van der Waals surface area contributed by atoms with E-state index in [1.165, 1.54) is 7.11 Å². The summed E-state index contributed by atoms with van der Waals surface area (Å²) < 4.78 is 11.6. The van der Waals surface area contributed by atoms with Crippen LogP contribution in [0.25, 0.3) is 5.57 Å². The number of aromatic nitrogens is 2. The van der Waals surface area contributed by atoms with E-state index in [-0.39, 0.29) is 24.4 Å². The molecule has 1 aromatic heterocycles. The van der Waals surface area contributed by atoms with E-state index in [1.807, 2.05) is 36.5 Å². The monoisotopic (exact) mass is 354 g/mol. The predicted molar refractivity (Wildman–Crippen MR) is 95.8 cm³/mol. The molecule has 6 heteroatoms. The lowest BCUT2D eigenvalue weighted by molar-refractivity contribution is -0.150.